The number of anilines is 1. The van der Waals surface area contributed by atoms with Gasteiger partial charge < -0.3 is 15.4 Å². The predicted molar refractivity (Wildman–Crippen MR) is 88.0 cm³/mol. The van der Waals surface area contributed by atoms with Crippen molar-refractivity contribution < 1.29 is 22.7 Å². The van der Waals surface area contributed by atoms with Gasteiger partial charge in [0, 0.05) is 19.2 Å². The molecule has 26 heavy (non-hydrogen) atoms. The number of aromatic nitrogens is 2. The molecule has 6 nitrogen and oxygen atoms in total. The zero-order valence-corrected chi connectivity index (χ0v) is 14.2. The van der Waals surface area contributed by atoms with Crippen molar-refractivity contribution in [3.8, 4) is 0 Å². The van der Waals surface area contributed by atoms with E-state index < -0.39 is 17.8 Å². The zero-order valence-electron chi connectivity index (χ0n) is 14.2. The first-order chi connectivity index (χ1) is 12.2. The highest BCUT2D eigenvalue weighted by atomic mass is 19.4. The smallest absolute Gasteiger partial charge is 0.416 e. The van der Waals surface area contributed by atoms with Gasteiger partial charge in [-0.25, -0.2) is 4.79 Å². The zero-order chi connectivity index (χ0) is 18.9. The van der Waals surface area contributed by atoms with E-state index in [0.717, 1.165) is 17.8 Å². The minimum atomic E-state index is -4.44. The van der Waals surface area contributed by atoms with Gasteiger partial charge in [-0.05, 0) is 31.0 Å². The van der Waals surface area contributed by atoms with E-state index in [1.807, 2.05) is 0 Å². The predicted octanol–water partition coefficient (Wildman–Crippen LogP) is 3.34. The molecule has 1 aliphatic rings. The second kappa shape index (κ2) is 6.89. The molecule has 2 aromatic rings. The van der Waals surface area contributed by atoms with Crippen LogP contribution in [0.15, 0.2) is 24.3 Å². The van der Waals surface area contributed by atoms with Crippen molar-refractivity contribution in [1.82, 2.24) is 14.7 Å². The molecule has 0 saturated carbocycles. The van der Waals surface area contributed by atoms with Gasteiger partial charge >= 0.3 is 12.3 Å². The molecular weight excluding hydrogens is 349 g/mol. The summed E-state index contributed by atoms with van der Waals surface area (Å²) in [5.41, 5.74) is 6.48. The Morgan fingerprint density at radius 3 is 2.77 bits per heavy atom. The van der Waals surface area contributed by atoms with E-state index in [1.54, 1.807) is 23.7 Å². The van der Waals surface area contributed by atoms with Gasteiger partial charge in [-0.3, -0.25) is 4.68 Å². The number of nitrogen functional groups attached to an aromatic ring is 1. The fourth-order valence-electron chi connectivity index (χ4n) is 2.99. The number of fused-ring (bicyclic) bond motifs is 1. The largest absolute Gasteiger partial charge is 0.445 e. The molecule has 0 unspecified atom stereocenters. The number of rotatable bonds is 2. The molecule has 0 atom stereocenters. The Kier molecular flexibility index (Phi) is 4.80. The van der Waals surface area contributed by atoms with Crippen LogP contribution in [0.2, 0.25) is 0 Å². The lowest BCUT2D eigenvalue weighted by molar-refractivity contribution is -0.137. The van der Waals surface area contributed by atoms with Crippen molar-refractivity contribution in [2.24, 2.45) is 0 Å². The summed E-state index contributed by atoms with van der Waals surface area (Å²) in [6.07, 6.45) is -4.33. The molecule has 1 aromatic carbocycles. The third-order valence-electron chi connectivity index (χ3n) is 4.12. The summed E-state index contributed by atoms with van der Waals surface area (Å²) < 4.78 is 45.6. The number of alkyl halides is 3. The lowest BCUT2D eigenvalue weighted by Gasteiger charge is -2.19. The summed E-state index contributed by atoms with van der Waals surface area (Å²) in [5.74, 6) is 0.384. The molecule has 0 radical (unpaired) electrons. The number of hydrogen-bond acceptors (Lipinski definition) is 4. The monoisotopic (exact) mass is 368 g/mol. The van der Waals surface area contributed by atoms with Crippen molar-refractivity contribution in [3.05, 3.63) is 46.6 Å². The van der Waals surface area contributed by atoms with Gasteiger partial charge in [0.2, 0.25) is 0 Å². The number of carbonyl (C=O) groups excluding carboxylic acids is 1. The fourth-order valence-corrected chi connectivity index (χ4v) is 2.99. The average Bonchev–Trinajstić information content (AvgIpc) is 2.78. The summed E-state index contributed by atoms with van der Waals surface area (Å²) in [5, 5.41) is 4.15. The molecule has 0 saturated heterocycles. The first kappa shape index (κ1) is 18.1. The Bertz CT molecular complexity index is 817. The Balaban J connectivity index is 1.66. The van der Waals surface area contributed by atoms with Crippen molar-refractivity contribution >= 4 is 11.9 Å². The number of nitrogens with two attached hydrogens (primary N) is 1. The number of benzene rings is 1. The van der Waals surface area contributed by atoms with Gasteiger partial charge in [0.05, 0.1) is 17.8 Å². The van der Waals surface area contributed by atoms with Crippen LogP contribution in [0.25, 0.3) is 0 Å². The van der Waals surface area contributed by atoms with Crippen molar-refractivity contribution in [3.63, 3.8) is 0 Å². The van der Waals surface area contributed by atoms with Gasteiger partial charge in [-0.15, -0.1) is 0 Å². The van der Waals surface area contributed by atoms with Crippen LogP contribution in [0, 0.1) is 6.92 Å². The second-order valence-corrected chi connectivity index (χ2v) is 6.32. The maximum Gasteiger partial charge on any atom is 0.416 e. The van der Waals surface area contributed by atoms with Gasteiger partial charge in [-0.2, -0.15) is 18.3 Å². The highest BCUT2D eigenvalue weighted by molar-refractivity contribution is 5.67. The van der Waals surface area contributed by atoms with Crippen LogP contribution in [0.4, 0.5) is 23.8 Å². The summed E-state index contributed by atoms with van der Waals surface area (Å²) in [4.78, 5) is 13.8. The first-order valence-corrected chi connectivity index (χ1v) is 8.14. The third kappa shape index (κ3) is 4.09. The quantitative estimate of drug-likeness (QED) is 0.882. The van der Waals surface area contributed by atoms with Crippen LogP contribution in [-0.4, -0.2) is 27.3 Å². The number of halogens is 3. The van der Waals surface area contributed by atoms with Crippen LogP contribution in [0.5, 0.6) is 0 Å². The number of hydrogen-bond donors (Lipinski definition) is 1. The molecule has 9 heteroatoms. The molecule has 0 aliphatic carbocycles. The molecule has 140 valence electrons. The topological polar surface area (TPSA) is 73.4 Å². The normalized spacial score (nSPS) is 14.7. The van der Waals surface area contributed by atoms with E-state index in [1.165, 1.54) is 4.90 Å². The maximum atomic E-state index is 12.9. The van der Waals surface area contributed by atoms with Gasteiger partial charge in [0.1, 0.15) is 12.4 Å². The number of amides is 1. The molecule has 2 N–H and O–H groups in total. The number of carbonyl (C=O) groups is 1. The number of nitrogens with zero attached hydrogens (tertiary/aromatic N) is 3. The molecule has 0 spiro atoms. The van der Waals surface area contributed by atoms with E-state index in [2.05, 4.69) is 5.10 Å². The number of aryl methyl sites for hydroxylation is 2. The maximum absolute atomic E-state index is 12.9. The van der Waals surface area contributed by atoms with Gasteiger partial charge in [-0.1, -0.05) is 11.6 Å². The van der Waals surface area contributed by atoms with E-state index in [-0.39, 0.29) is 6.61 Å². The molecule has 1 amide bonds. The SMILES string of the molecule is Cc1cc(COC(=O)N2CCCn3nc(N)cc3C2)cc(C(F)(F)F)c1. The Morgan fingerprint density at radius 1 is 1.27 bits per heavy atom. The standard InChI is InChI=1S/C17H19F3N4O2/c1-11-5-12(7-13(6-11)17(18,19)20)10-26-16(25)23-3-2-4-24-14(9-23)8-15(21)22-24/h5-8H,2-4,9-10H2,1H3,(H2,21,22). The van der Waals surface area contributed by atoms with Crippen LogP contribution < -0.4 is 5.73 Å². The molecule has 0 bridgehead atoms. The van der Waals surface area contributed by atoms with Crippen molar-refractivity contribution in [1.29, 1.82) is 0 Å². The van der Waals surface area contributed by atoms with E-state index in [4.69, 9.17) is 10.5 Å². The van der Waals surface area contributed by atoms with Gasteiger partial charge in [0.25, 0.3) is 0 Å². The molecule has 1 aliphatic heterocycles. The Labute approximate surface area is 148 Å². The van der Waals surface area contributed by atoms with Crippen molar-refractivity contribution in [2.75, 3.05) is 12.3 Å². The minimum Gasteiger partial charge on any atom is -0.445 e. The summed E-state index contributed by atoms with van der Waals surface area (Å²) >= 11 is 0. The van der Waals surface area contributed by atoms with E-state index in [9.17, 15) is 18.0 Å². The van der Waals surface area contributed by atoms with Crippen LogP contribution >= 0.6 is 0 Å². The number of ether oxygens (including phenoxy) is 1. The Morgan fingerprint density at radius 2 is 2.04 bits per heavy atom. The molecule has 1 aromatic heterocycles. The molecule has 0 fully saturated rings. The third-order valence-corrected chi connectivity index (χ3v) is 4.12. The van der Waals surface area contributed by atoms with Crippen LogP contribution in [0.1, 0.15) is 28.8 Å². The molecular formula is C17H19F3N4O2. The summed E-state index contributed by atoms with van der Waals surface area (Å²) in [6.45, 7) is 2.76. The van der Waals surface area contributed by atoms with E-state index in [0.29, 0.717) is 43.0 Å². The lowest BCUT2D eigenvalue weighted by Crippen LogP contribution is -2.31. The highest BCUT2D eigenvalue weighted by Gasteiger charge is 2.31. The van der Waals surface area contributed by atoms with Crippen LogP contribution in [-0.2, 0) is 30.6 Å². The highest BCUT2D eigenvalue weighted by Crippen LogP contribution is 2.30. The van der Waals surface area contributed by atoms with Gasteiger partial charge in [0.15, 0.2) is 0 Å². The first-order valence-electron chi connectivity index (χ1n) is 8.14. The molecule has 2 heterocycles. The van der Waals surface area contributed by atoms with Crippen molar-refractivity contribution in [2.45, 2.75) is 39.2 Å². The fraction of sp³-hybridized carbons (Fsp3) is 0.412. The van der Waals surface area contributed by atoms with Crippen LogP contribution in [0.3, 0.4) is 0 Å². The van der Waals surface area contributed by atoms with E-state index >= 15 is 0 Å². The minimum absolute atomic E-state index is 0.221. The lowest BCUT2D eigenvalue weighted by atomic mass is 10.1. The average molecular weight is 368 g/mol. The molecule has 3 rings (SSSR count). The Hall–Kier alpha value is -2.71. The summed E-state index contributed by atoms with van der Waals surface area (Å²) in [6, 6.07) is 5.33. The summed E-state index contributed by atoms with van der Waals surface area (Å²) in [7, 11) is 0. The second-order valence-electron chi connectivity index (χ2n) is 6.32.